The van der Waals surface area contributed by atoms with E-state index in [9.17, 15) is 14.0 Å². The molecule has 0 saturated heterocycles. The van der Waals surface area contributed by atoms with E-state index in [0.717, 1.165) is 6.42 Å². The molecule has 0 unspecified atom stereocenters. The van der Waals surface area contributed by atoms with E-state index in [4.69, 9.17) is 5.73 Å². The number of rotatable bonds is 4. The molecule has 1 fully saturated rings. The monoisotopic (exact) mass is 264 g/mol. The number of nitrogens with one attached hydrogen (secondary N) is 1. The molecular formula is C14H17FN2O2. The Morgan fingerprint density at radius 2 is 1.89 bits per heavy atom. The number of amides is 2. The summed E-state index contributed by atoms with van der Waals surface area (Å²) in [5, 5.41) is 2.63. The van der Waals surface area contributed by atoms with Gasteiger partial charge < -0.3 is 11.1 Å². The van der Waals surface area contributed by atoms with E-state index < -0.39 is 17.8 Å². The van der Waals surface area contributed by atoms with Gasteiger partial charge in [0, 0.05) is 5.92 Å². The smallest absolute Gasteiger partial charge is 0.244 e. The first kappa shape index (κ1) is 13.5. The Labute approximate surface area is 111 Å². The largest absolute Gasteiger partial charge is 0.368 e. The number of halogens is 1. The molecule has 1 aliphatic carbocycles. The second kappa shape index (κ2) is 4.64. The minimum atomic E-state index is -0.913. The van der Waals surface area contributed by atoms with Gasteiger partial charge in [-0.3, -0.25) is 9.59 Å². The van der Waals surface area contributed by atoms with Gasteiger partial charge in [0.25, 0.3) is 0 Å². The third kappa shape index (κ3) is 2.92. The van der Waals surface area contributed by atoms with Crippen molar-refractivity contribution in [1.29, 1.82) is 0 Å². The molecule has 0 spiro atoms. The second-order valence-electron chi connectivity index (χ2n) is 5.64. The molecule has 2 rings (SSSR count). The maximum atomic E-state index is 12.9. The topological polar surface area (TPSA) is 72.2 Å². The summed E-state index contributed by atoms with van der Waals surface area (Å²) in [5.41, 5.74) is 5.76. The van der Waals surface area contributed by atoms with E-state index in [-0.39, 0.29) is 17.2 Å². The van der Waals surface area contributed by atoms with E-state index in [1.54, 1.807) is 0 Å². The van der Waals surface area contributed by atoms with Crippen LogP contribution in [0.25, 0.3) is 0 Å². The molecular weight excluding hydrogens is 247 g/mol. The molecule has 1 aromatic carbocycles. The molecule has 0 radical (unpaired) electrons. The molecule has 3 N–H and O–H groups in total. The predicted octanol–water partition coefficient (Wildman–Crippen LogP) is 1.51. The van der Waals surface area contributed by atoms with E-state index in [2.05, 4.69) is 5.32 Å². The van der Waals surface area contributed by atoms with Gasteiger partial charge in [-0.25, -0.2) is 4.39 Å². The van der Waals surface area contributed by atoms with Gasteiger partial charge in [0.15, 0.2) is 0 Å². The molecule has 102 valence electrons. The second-order valence-corrected chi connectivity index (χ2v) is 5.64. The normalized spacial score (nSPS) is 21.5. The Hall–Kier alpha value is -1.91. The summed E-state index contributed by atoms with van der Waals surface area (Å²) in [7, 11) is 0. The Morgan fingerprint density at radius 3 is 2.32 bits per heavy atom. The Balaban J connectivity index is 2.11. The van der Waals surface area contributed by atoms with Crippen molar-refractivity contribution in [2.75, 3.05) is 0 Å². The third-order valence-corrected chi connectivity index (χ3v) is 3.60. The summed E-state index contributed by atoms with van der Waals surface area (Å²) in [4.78, 5) is 23.4. The molecule has 4 nitrogen and oxygen atoms in total. The van der Waals surface area contributed by atoms with Crippen LogP contribution >= 0.6 is 0 Å². The Bertz CT molecular complexity index is 511. The number of hydrogen-bond donors (Lipinski definition) is 2. The zero-order valence-electron chi connectivity index (χ0n) is 10.9. The summed E-state index contributed by atoms with van der Waals surface area (Å²) in [6.07, 6.45) is 0.799. The molecule has 1 aromatic rings. The number of primary amides is 1. The zero-order valence-corrected chi connectivity index (χ0v) is 10.9. The molecule has 1 aliphatic rings. The summed E-state index contributed by atoms with van der Waals surface area (Å²) in [6.45, 7) is 3.99. The van der Waals surface area contributed by atoms with Crippen molar-refractivity contribution in [3.05, 3.63) is 35.6 Å². The number of nitrogens with two attached hydrogens (primary N) is 1. The molecule has 0 aromatic heterocycles. The van der Waals surface area contributed by atoms with Crippen LogP contribution in [0.1, 0.15) is 31.9 Å². The zero-order chi connectivity index (χ0) is 14.2. The van der Waals surface area contributed by atoms with Crippen molar-refractivity contribution in [2.45, 2.75) is 26.3 Å². The summed E-state index contributed by atoms with van der Waals surface area (Å²) >= 11 is 0. The quantitative estimate of drug-likeness (QED) is 0.865. The van der Waals surface area contributed by atoms with Crippen molar-refractivity contribution in [3.8, 4) is 0 Å². The summed E-state index contributed by atoms with van der Waals surface area (Å²) in [5.74, 6) is -1.33. The van der Waals surface area contributed by atoms with Crippen LogP contribution in [0.4, 0.5) is 4.39 Å². The first-order chi connectivity index (χ1) is 8.81. The van der Waals surface area contributed by atoms with Crippen LogP contribution in [-0.2, 0) is 9.59 Å². The first-order valence-corrected chi connectivity index (χ1v) is 6.16. The fourth-order valence-corrected chi connectivity index (χ4v) is 2.13. The molecule has 0 aliphatic heterocycles. The minimum Gasteiger partial charge on any atom is -0.368 e. The maximum Gasteiger partial charge on any atom is 0.244 e. The van der Waals surface area contributed by atoms with Crippen LogP contribution in [0, 0.1) is 17.2 Å². The van der Waals surface area contributed by atoms with E-state index in [1.165, 1.54) is 24.3 Å². The van der Waals surface area contributed by atoms with Gasteiger partial charge >= 0.3 is 0 Å². The fraction of sp³-hybridized carbons (Fsp3) is 0.429. The molecule has 5 heteroatoms. The molecule has 2 amide bonds. The van der Waals surface area contributed by atoms with Crippen molar-refractivity contribution >= 4 is 11.8 Å². The predicted molar refractivity (Wildman–Crippen MR) is 68.4 cm³/mol. The van der Waals surface area contributed by atoms with Gasteiger partial charge in [0.05, 0.1) is 0 Å². The average Bonchev–Trinajstić information content (AvgIpc) is 2.96. The standard InChI is InChI=1S/C14H17FN2O2/c1-14(2)7-10(14)13(19)17-11(12(16)18)8-3-5-9(15)6-4-8/h3-6,10-11H,7H2,1-2H3,(H2,16,18)(H,17,19)/t10-,11-/m1/s1. The lowest BCUT2D eigenvalue weighted by Gasteiger charge is -2.16. The number of hydrogen-bond acceptors (Lipinski definition) is 2. The molecule has 0 bridgehead atoms. The van der Waals surface area contributed by atoms with Gasteiger partial charge in [-0.1, -0.05) is 26.0 Å². The molecule has 2 atom stereocenters. The van der Waals surface area contributed by atoms with Crippen molar-refractivity contribution < 1.29 is 14.0 Å². The summed E-state index contributed by atoms with van der Waals surface area (Å²) in [6, 6.07) is 4.45. The lowest BCUT2D eigenvalue weighted by Crippen LogP contribution is -2.38. The fourth-order valence-electron chi connectivity index (χ4n) is 2.13. The van der Waals surface area contributed by atoms with Gasteiger partial charge in [0.1, 0.15) is 11.9 Å². The minimum absolute atomic E-state index is 0.0188. The van der Waals surface area contributed by atoms with Crippen LogP contribution in [0.15, 0.2) is 24.3 Å². The highest BCUT2D eigenvalue weighted by Gasteiger charge is 2.51. The van der Waals surface area contributed by atoms with Crippen molar-refractivity contribution in [1.82, 2.24) is 5.32 Å². The highest BCUT2D eigenvalue weighted by Crippen LogP contribution is 2.51. The first-order valence-electron chi connectivity index (χ1n) is 6.16. The van der Waals surface area contributed by atoms with Crippen LogP contribution in [0.5, 0.6) is 0 Å². The van der Waals surface area contributed by atoms with E-state index in [1.807, 2.05) is 13.8 Å². The Kier molecular flexibility index (Phi) is 3.30. The van der Waals surface area contributed by atoms with E-state index >= 15 is 0 Å². The van der Waals surface area contributed by atoms with Gasteiger partial charge in [-0.2, -0.15) is 0 Å². The summed E-state index contributed by atoms with van der Waals surface area (Å²) < 4.78 is 12.9. The highest BCUT2D eigenvalue weighted by atomic mass is 19.1. The van der Waals surface area contributed by atoms with Gasteiger partial charge in [-0.05, 0) is 29.5 Å². The number of carbonyl (C=O) groups is 2. The SMILES string of the molecule is CC1(C)C[C@@H]1C(=O)N[C@@H](C(N)=O)c1ccc(F)cc1. The van der Waals surface area contributed by atoms with E-state index in [0.29, 0.717) is 5.56 Å². The maximum absolute atomic E-state index is 12.9. The lowest BCUT2D eigenvalue weighted by atomic mass is 10.0. The highest BCUT2D eigenvalue weighted by molar-refractivity contribution is 5.90. The Morgan fingerprint density at radius 1 is 1.37 bits per heavy atom. The molecule has 1 saturated carbocycles. The van der Waals surface area contributed by atoms with Crippen LogP contribution in [0.3, 0.4) is 0 Å². The van der Waals surface area contributed by atoms with Crippen LogP contribution in [-0.4, -0.2) is 11.8 Å². The number of carbonyl (C=O) groups excluding carboxylic acids is 2. The van der Waals surface area contributed by atoms with Crippen molar-refractivity contribution in [3.63, 3.8) is 0 Å². The van der Waals surface area contributed by atoms with Crippen LogP contribution < -0.4 is 11.1 Å². The van der Waals surface area contributed by atoms with Crippen LogP contribution in [0.2, 0.25) is 0 Å². The third-order valence-electron chi connectivity index (χ3n) is 3.60. The lowest BCUT2D eigenvalue weighted by molar-refractivity contribution is -0.128. The van der Waals surface area contributed by atoms with Gasteiger partial charge in [-0.15, -0.1) is 0 Å². The molecule has 19 heavy (non-hydrogen) atoms. The van der Waals surface area contributed by atoms with Crippen molar-refractivity contribution in [2.24, 2.45) is 17.1 Å². The average molecular weight is 264 g/mol. The number of benzene rings is 1. The molecule has 0 heterocycles. The van der Waals surface area contributed by atoms with Gasteiger partial charge in [0.2, 0.25) is 11.8 Å².